The molecule has 1 saturated heterocycles. The van der Waals surface area contributed by atoms with Crippen LogP contribution in [0.5, 0.6) is 11.5 Å². The van der Waals surface area contributed by atoms with Gasteiger partial charge in [-0.3, -0.25) is 0 Å². The number of thioether (sulfide) groups is 1. The Bertz CT molecular complexity index is 477. The van der Waals surface area contributed by atoms with Crippen molar-refractivity contribution in [2.45, 2.75) is 31.8 Å². The Kier molecular flexibility index (Phi) is 4.79. The van der Waals surface area contributed by atoms with Crippen molar-refractivity contribution < 1.29 is 9.47 Å². The maximum absolute atomic E-state index is 5.68. The summed E-state index contributed by atoms with van der Waals surface area (Å²) in [4.78, 5) is 0. The minimum Gasteiger partial charge on any atom is -0.486 e. The summed E-state index contributed by atoms with van der Waals surface area (Å²) in [6.45, 7) is 3.49. The van der Waals surface area contributed by atoms with Crippen LogP contribution in [0.1, 0.15) is 31.4 Å². The lowest BCUT2D eigenvalue weighted by Crippen LogP contribution is -2.34. The predicted molar refractivity (Wildman–Crippen MR) is 87.0 cm³/mol. The first-order valence-electron chi connectivity index (χ1n) is 7.17. The van der Waals surface area contributed by atoms with Crippen molar-refractivity contribution >= 4 is 27.7 Å². The predicted octanol–water partition coefficient (Wildman–Crippen LogP) is 3.77. The van der Waals surface area contributed by atoms with Crippen LogP contribution in [-0.4, -0.2) is 30.8 Å². The lowest BCUT2D eigenvalue weighted by atomic mass is 10.0. The fraction of sp³-hybridized carbons (Fsp3) is 0.600. The number of ether oxygens (including phenoxy) is 2. The fourth-order valence-electron chi connectivity index (χ4n) is 2.72. The van der Waals surface area contributed by atoms with Crippen LogP contribution in [-0.2, 0) is 0 Å². The quantitative estimate of drug-likeness (QED) is 0.891. The number of rotatable bonds is 3. The Hall–Kier alpha value is -0.390. The minimum absolute atomic E-state index is 0.313. The van der Waals surface area contributed by atoms with Crippen LogP contribution in [0.25, 0.3) is 0 Å². The largest absolute Gasteiger partial charge is 0.486 e. The van der Waals surface area contributed by atoms with E-state index in [1.807, 2.05) is 6.07 Å². The molecule has 0 aromatic heterocycles. The van der Waals surface area contributed by atoms with Gasteiger partial charge in [0.05, 0.1) is 0 Å². The van der Waals surface area contributed by atoms with Crippen LogP contribution >= 0.6 is 27.7 Å². The zero-order chi connectivity index (χ0) is 13.9. The molecule has 1 N–H and O–H groups in total. The van der Waals surface area contributed by atoms with E-state index in [9.17, 15) is 0 Å². The molecule has 0 saturated carbocycles. The highest BCUT2D eigenvalue weighted by Gasteiger charge is 2.21. The Morgan fingerprint density at radius 1 is 1.20 bits per heavy atom. The first-order valence-corrected chi connectivity index (χ1v) is 9.11. The minimum atomic E-state index is 0.313. The summed E-state index contributed by atoms with van der Waals surface area (Å²) < 4.78 is 12.4. The molecule has 1 atom stereocenters. The van der Waals surface area contributed by atoms with E-state index >= 15 is 0 Å². The molecule has 0 amide bonds. The van der Waals surface area contributed by atoms with Gasteiger partial charge in [0.1, 0.15) is 13.2 Å². The van der Waals surface area contributed by atoms with E-state index in [2.05, 4.69) is 46.0 Å². The van der Waals surface area contributed by atoms with Gasteiger partial charge in [-0.15, -0.1) is 0 Å². The second-order valence-electron chi connectivity index (χ2n) is 5.29. The van der Waals surface area contributed by atoms with E-state index in [4.69, 9.17) is 9.47 Å². The zero-order valence-corrected chi connectivity index (χ0v) is 14.1. The molecule has 1 unspecified atom stereocenters. The Morgan fingerprint density at radius 2 is 1.85 bits per heavy atom. The molecule has 20 heavy (non-hydrogen) atoms. The van der Waals surface area contributed by atoms with Crippen LogP contribution in [0.15, 0.2) is 16.6 Å². The van der Waals surface area contributed by atoms with Crippen molar-refractivity contribution in [3.63, 3.8) is 0 Å². The number of hydrogen-bond donors (Lipinski definition) is 1. The van der Waals surface area contributed by atoms with Crippen molar-refractivity contribution in [2.75, 3.05) is 24.7 Å². The second-order valence-corrected chi connectivity index (χ2v) is 7.37. The molecule has 0 radical (unpaired) electrons. The first-order chi connectivity index (χ1) is 9.74. The van der Waals surface area contributed by atoms with Crippen LogP contribution in [0, 0.1) is 0 Å². The number of halogens is 1. The van der Waals surface area contributed by atoms with Gasteiger partial charge in [-0.05, 0) is 49.0 Å². The molecule has 0 aliphatic carbocycles. The van der Waals surface area contributed by atoms with E-state index in [-0.39, 0.29) is 0 Å². The highest BCUT2D eigenvalue weighted by molar-refractivity contribution is 9.10. The summed E-state index contributed by atoms with van der Waals surface area (Å²) in [6, 6.07) is 5.08. The number of fused-ring (bicyclic) bond motifs is 1. The van der Waals surface area contributed by atoms with Gasteiger partial charge in [0, 0.05) is 16.6 Å². The maximum atomic E-state index is 5.68. The topological polar surface area (TPSA) is 30.5 Å². The van der Waals surface area contributed by atoms with Crippen molar-refractivity contribution in [1.82, 2.24) is 5.32 Å². The third-order valence-electron chi connectivity index (χ3n) is 3.84. The summed E-state index contributed by atoms with van der Waals surface area (Å²) in [5.41, 5.74) is 1.24. The normalized spacial score (nSPS) is 20.7. The molecule has 1 aromatic rings. The molecule has 5 heteroatoms. The first kappa shape index (κ1) is 14.5. The van der Waals surface area contributed by atoms with E-state index in [0.29, 0.717) is 25.3 Å². The van der Waals surface area contributed by atoms with E-state index < -0.39 is 0 Å². The zero-order valence-electron chi connectivity index (χ0n) is 11.7. The second kappa shape index (κ2) is 6.58. The van der Waals surface area contributed by atoms with Gasteiger partial charge in [-0.1, -0.05) is 15.9 Å². The SMILES string of the molecule is CC(NC1CCSCC1)c1cc2c(cc1Br)OCCO2. The molecule has 2 aliphatic heterocycles. The van der Waals surface area contributed by atoms with Gasteiger partial charge in [0.25, 0.3) is 0 Å². The van der Waals surface area contributed by atoms with Gasteiger partial charge in [-0.2, -0.15) is 11.8 Å². The van der Waals surface area contributed by atoms with Crippen molar-refractivity contribution in [1.29, 1.82) is 0 Å². The average Bonchev–Trinajstić information content (AvgIpc) is 2.47. The standard InChI is InChI=1S/C15H20BrNO2S/c1-10(17-11-2-6-20-7-3-11)12-8-14-15(9-13(12)16)19-5-4-18-14/h8-11,17H,2-7H2,1H3. The van der Waals surface area contributed by atoms with Crippen LogP contribution < -0.4 is 14.8 Å². The van der Waals surface area contributed by atoms with E-state index in [1.165, 1.54) is 29.9 Å². The summed E-state index contributed by atoms with van der Waals surface area (Å²) in [5.74, 6) is 4.25. The summed E-state index contributed by atoms with van der Waals surface area (Å²) >= 11 is 5.72. The van der Waals surface area contributed by atoms with Crippen LogP contribution in [0.4, 0.5) is 0 Å². The van der Waals surface area contributed by atoms with Gasteiger partial charge < -0.3 is 14.8 Å². The maximum Gasteiger partial charge on any atom is 0.162 e. The molecule has 0 bridgehead atoms. The summed E-state index contributed by atoms with van der Waals surface area (Å²) in [5, 5.41) is 3.74. The monoisotopic (exact) mass is 357 g/mol. The molecular formula is C15H20BrNO2S. The Morgan fingerprint density at radius 3 is 2.55 bits per heavy atom. The van der Waals surface area contributed by atoms with Crippen molar-refractivity contribution in [2.24, 2.45) is 0 Å². The Labute approximate surface area is 132 Å². The lowest BCUT2D eigenvalue weighted by molar-refractivity contribution is 0.171. The number of hydrogen-bond acceptors (Lipinski definition) is 4. The number of nitrogens with one attached hydrogen (secondary N) is 1. The van der Waals surface area contributed by atoms with E-state index in [1.54, 1.807) is 0 Å². The molecule has 3 nitrogen and oxygen atoms in total. The van der Waals surface area contributed by atoms with Gasteiger partial charge in [0.2, 0.25) is 0 Å². The summed E-state index contributed by atoms with van der Waals surface area (Å²) in [7, 11) is 0. The molecule has 2 aliphatic rings. The van der Waals surface area contributed by atoms with Crippen LogP contribution in [0.2, 0.25) is 0 Å². The number of benzene rings is 1. The molecule has 110 valence electrons. The molecule has 1 aromatic carbocycles. The van der Waals surface area contributed by atoms with Gasteiger partial charge >= 0.3 is 0 Å². The third kappa shape index (κ3) is 3.26. The smallest absolute Gasteiger partial charge is 0.162 e. The van der Waals surface area contributed by atoms with Crippen LogP contribution in [0.3, 0.4) is 0 Å². The third-order valence-corrected chi connectivity index (χ3v) is 5.57. The Balaban J connectivity index is 1.74. The lowest BCUT2D eigenvalue weighted by Gasteiger charge is -2.28. The highest BCUT2D eigenvalue weighted by Crippen LogP contribution is 2.38. The molecule has 2 heterocycles. The van der Waals surface area contributed by atoms with E-state index in [0.717, 1.165) is 16.0 Å². The average molecular weight is 358 g/mol. The van der Waals surface area contributed by atoms with Gasteiger partial charge in [0.15, 0.2) is 11.5 Å². The fourth-order valence-corrected chi connectivity index (χ4v) is 4.49. The molecule has 3 rings (SSSR count). The summed E-state index contributed by atoms with van der Waals surface area (Å²) in [6.07, 6.45) is 2.52. The molecule has 0 spiro atoms. The van der Waals surface area contributed by atoms with Crippen molar-refractivity contribution in [3.8, 4) is 11.5 Å². The highest BCUT2D eigenvalue weighted by atomic mass is 79.9. The molecule has 1 fully saturated rings. The molecular weight excluding hydrogens is 338 g/mol. The van der Waals surface area contributed by atoms with Gasteiger partial charge in [-0.25, -0.2) is 0 Å². The van der Waals surface area contributed by atoms with Crippen molar-refractivity contribution in [3.05, 3.63) is 22.2 Å².